The lowest BCUT2D eigenvalue weighted by molar-refractivity contribution is -0.155. The maximum atomic E-state index is 12.3. The van der Waals surface area contributed by atoms with Crippen molar-refractivity contribution in [1.82, 2.24) is 0 Å². The number of hydrogen-bond acceptors (Lipinski definition) is 5. The highest BCUT2D eigenvalue weighted by atomic mass is 35.5. The van der Waals surface area contributed by atoms with Crippen LogP contribution in [0.4, 0.5) is 5.69 Å². The summed E-state index contributed by atoms with van der Waals surface area (Å²) in [5.41, 5.74) is 2.23. The highest BCUT2D eigenvalue weighted by Gasteiger charge is 2.20. The molecular formula is C20H22ClNO5. The zero-order chi connectivity index (χ0) is 20.0. The molecule has 2 aromatic rings. The number of aryl methyl sites for hydroxylation is 2. The summed E-state index contributed by atoms with van der Waals surface area (Å²) in [7, 11) is 1.48. The van der Waals surface area contributed by atoms with E-state index in [1.807, 2.05) is 32.0 Å². The number of halogens is 1. The largest absolute Gasteiger partial charge is 0.495 e. The Kier molecular flexibility index (Phi) is 7.07. The molecule has 0 aliphatic heterocycles. The molecule has 144 valence electrons. The summed E-state index contributed by atoms with van der Waals surface area (Å²) >= 11 is 5.94. The van der Waals surface area contributed by atoms with Gasteiger partial charge in [-0.3, -0.25) is 4.79 Å². The second-order valence-electron chi connectivity index (χ2n) is 5.98. The van der Waals surface area contributed by atoms with Crippen molar-refractivity contribution in [3.05, 3.63) is 52.5 Å². The van der Waals surface area contributed by atoms with E-state index in [4.69, 9.17) is 25.8 Å². The van der Waals surface area contributed by atoms with Gasteiger partial charge in [0.25, 0.3) is 5.91 Å². The summed E-state index contributed by atoms with van der Waals surface area (Å²) in [5, 5.41) is 3.08. The Balaban J connectivity index is 1.92. The van der Waals surface area contributed by atoms with Gasteiger partial charge in [0.05, 0.1) is 12.8 Å². The van der Waals surface area contributed by atoms with Crippen molar-refractivity contribution in [3.63, 3.8) is 0 Å². The van der Waals surface area contributed by atoms with Crippen molar-refractivity contribution >= 4 is 29.2 Å². The number of amides is 1. The fourth-order valence-corrected chi connectivity index (χ4v) is 2.63. The lowest BCUT2D eigenvalue weighted by atomic mass is 10.1. The van der Waals surface area contributed by atoms with Gasteiger partial charge in [0.15, 0.2) is 12.7 Å². The average molecular weight is 392 g/mol. The predicted octanol–water partition coefficient (Wildman–Crippen LogP) is 3.91. The molecule has 0 fully saturated rings. The number of benzene rings is 2. The molecule has 0 radical (unpaired) electrons. The molecule has 7 heteroatoms. The molecule has 0 unspecified atom stereocenters. The van der Waals surface area contributed by atoms with Gasteiger partial charge in [-0.15, -0.1) is 0 Å². The van der Waals surface area contributed by atoms with Gasteiger partial charge in [-0.1, -0.05) is 29.8 Å². The van der Waals surface area contributed by atoms with Crippen molar-refractivity contribution < 1.29 is 23.8 Å². The fourth-order valence-electron chi connectivity index (χ4n) is 2.45. The third-order valence-electron chi connectivity index (χ3n) is 3.84. The minimum Gasteiger partial charge on any atom is -0.495 e. The Bertz CT molecular complexity index is 817. The molecule has 0 spiro atoms. The highest BCUT2D eigenvalue weighted by Crippen LogP contribution is 2.28. The normalized spacial score (nSPS) is 11.4. The van der Waals surface area contributed by atoms with Crippen LogP contribution in [0.1, 0.15) is 18.1 Å². The van der Waals surface area contributed by atoms with Crippen LogP contribution >= 0.6 is 11.6 Å². The van der Waals surface area contributed by atoms with Crippen LogP contribution in [0.3, 0.4) is 0 Å². The molecule has 2 rings (SSSR count). The van der Waals surface area contributed by atoms with E-state index in [9.17, 15) is 9.59 Å². The molecule has 0 aromatic heterocycles. The van der Waals surface area contributed by atoms with Gasteiger partial charge in [-0.2, -0.15) is 0 Å². The number of carbonyl (C=O) groups is 2. The minimum absolute atomic E-state index is 0.288. The third kappa shape index (κ3) is 5.62. The molecule has 27 heavy (non-hydrogen) atoms. The van der Waals surface area contributed by atoms with E-state index >= 15 is 0 Å². The van der Waals surface area contributed by atoms with Gasteiger partial charge >= 0.3 is 5.97 Å². The number of rotatable bonds is 7. The first-order chi connectivity index (χ1) is 12.8. The molecule has 0 heterocycles. The summed E-state index contributed by atoms with van der Waals surface area (Å²) in [5.74, 6) is -0.0609. The summed E-state index contributed by atoms with van der Waals surface area (Å²) in [4.78, 5) is 24.3. The van der Waals surface area contributed by atoms with Gasteiger partial charge in [-0.05, 0) is 50.1 Å². The number of anilines is 1. The van der Waals surface area contributed by atoms with Crippen molar-refractivity contribution in [1.29, 1.82) is 0 Å². The van der Waals surface area contributed by atoms with E-state index in [2.05, 4.69) is 5.32 Å². The van der Waals surface area contributed by atoms with E-state index in [1.165, 1.54) is 14.0 Å². The van der Waals surface area contributed by atoms with Crippen LogP contribution < -0.4 is 14.8 Å². The van der Waals surface area contributed by atoms with E-state index in [1.54, 1.807) is 18.2 Å². The molecular weight excluding hydrogens is 370 g/mol. The molecule has 0 bridgehead atoms. The first-order valence-corrected chi connectivity index (χ1v) is 8.72. The molecule has 1 N–H and O–H groups in total. The predicted molar refractivity (Wildman–Crippen MR) is 104 cm³/mol. The number of esters is 1. The van der Waals surface area contributed by atoms with Crippen molar-refractivity contribution in [2.45, 2.75) is 26.9 Å². The zero-order valence-electron chi connectivity index (χ0n) is 15.7. The number of ether oxygens (including phenoxy) is 3. The lowest BCUT2D eigenvalue weighted by Crippen LogP contribution is -2.31. The van der Waals surface area contributed by atoms with E-state index in [0.717, 1.165) is 11.1 Å². The van der Waals surface area contributed by atoms with Gasteiger partial charge in [0.2, 0.25) is 0 Å². The Labute approximate surface area is 163 Å². The molecule has 1 amide bonds. The second-order valence-corrected chi connectivity index (χ2v) is 6.41. The van der Waals surface area contributed by atoms with Crippen LogP contribution in [0, 0.1) is 13.8 Å². The summed E-state index contributed by atoms with van der Waals surface area (Å²) in [6, 6.07) is 10.5. The SMILES string of the molecule is COc1ccc(Cl)cc1NC(=O)[C@@H](C)OC(=O)COc1c(C)cccc1C. The van der Waals surface area contributed by atoms with Crippen molar-refractivity contribution in [2.24, 2.45) is 0 Å². The molecule has 0 saturated heterocycles. The molecule has 2 aromatic carbocycles. The average Bonchev–Trinajstić information content (AvgIpc) is 2.61. The molecule has 6 nitrogen and oxygen atoms in total. The van der Waals surface area contributed by atoms with Crippen LogP contribution in [0.25, 0.3) is 0 Å². The summed E-state index contributed by atoms with van der Waals surface area (Å²) < 4.78 is 15.8. The van der Waals surface area contributed by atoms with Gasteiger partial charge in [0, 0.05) is 5.02 Å². The number of carbonyl (C=O) groups excluding carboxylic acids is 2. The molecule has 0 aliphatic carbocycles. The Morgan fingerprint density at radius 2 is 1.81 bits per heavy atom. The van der Waals surface area contributed by atoms with E-state index < -0.39 is 18.0 Å². The van der Waals surface area contributed by atoms with E-state index in [0.29, 0.717) is 22.2 Å². The Hall–Kier alpha value is -2.73. The second kappa shape index (κ2) is 9.28. The van der Waals surface area contributed by atoms with Gasteiger partial charge < -0.3 is 19.5 Å². The van der Waals surface area contributed by atoms with Crippen LogP contribution in [0.15, 0.2) is 36.4 Å². The molecule has 0 saturated carbocycles. The first kappa shape index (κ1) is 20.6. The maximum Gasteiger partial charge on any atom is 0.344 e. The highest BCUT2D eigenvalue weighted by molar-refractivity contribution is 6.31. The van der Waals surface area contributed by atoms with Crippen molar-refractivity contribution in [2.75, 3.05) is 19.0 Å². The third-order valence-corrected chi connectivity index (χ3v) is 4.08. The number of methoxy groups -OCH3 is 1. The lowest BCUT2D eigenvalue weighted by Gasteiger charge is -2.16. The van der Waals surface area contributed by atoms with Crippen LogP contribution in [-0.2, 0) is 14.3 Å². The topological polar surface area (TPSA) is 73.9 Å². The smallest absolute Gasteiger partial charge is 0.344 e. The first-order valence-electron chi connectivity index (χ1n) is 8.34. The fraction of sp³-hybridized carbons (Fsp3) is 0.300. The quantitative estimate of drug-likeness (QED) is 0.724. The Morgan fingerprint density at radius 3 is 2.44 bits per heavy atom. The van der Waals surface area contributed by atoms with Gasteiger partial charge in [-0.25, -0.2) is 4.79 Å². The monoisotopic (exact) mass is 391 g/mol. The molecule has 0 aliphatic rings. The summed E-state index contributed by atoms with van der Waals surface area (Å²) in [6.45, 7) is 4.97. The number of nitrogens with one attached hydrogen (secondary N) is 1. The maximum absolute atomic E-state index is 12.3. The zero-order valence-corrected chi connectivity index (χ0v) is 16.4. The van der Waals surface area contributed by atoms with Crippen molar-refractivity contribution in [3.8, 4) is 11.5 Å². The number of para-hydroxylation sites is 1. The van der Waals surface area contributed by atoms with Gasteiger partial charge in [0.1, 0.15) is 11.5 Å². The number of hydrogen-bond donors (Lipinski definition) is 1. The minimum atomic E-state index is -1.01. The van der Waals surface area contributed by atoms with Crippen LogP contribution in [0.2, 0.25) is 5.02 Å². The van der Waals surface area contributed by atoms with Crippen LogP contribution in [-0.4, -0.2) is 31.7 Å². The van der Waals surface area contributed by atoms with Crippen LogP contribution in [0.5, 0.6) is 11.5 Å². The Morgan fingerprint density at radius 1 is 1.15 bits per heavy atom. The summed E-state index contributed by atoms with van der Waals surface area (Å²) in [6.07, 6.45) is -1.01. The molecule has 1 atom stereocenters. The van der Waals surface area contributed by atoms with E-state index in [-0.39, 0.29) is 6.61 Å². The standard InChI is InChI=1S/C20H22ClNO5/c1-12-6-5-7-13(2)19(12)26-11-18(23)27-14(3)20(24)22-16-10-15(21)8-9-17(16)25-4/h5-10,14H,11H2,1-4H3,(H,22,24)/t14-/m1/s1.